The van der Waals surface area contributed by atoms with Gasteiger partial charge in [0.1, 0.15) is 17.2 Å². The van der Waals surface area contributed by atoms with Crippen LogP contribution in [0.4, 0.5) is 0 Å². The molecule has 1 aromatic rings. The van der Waals surface area contributed by atoms with Gasteiger partial charge in [0, 0.05) is 30.8 Å². The van der Waals surface area contributed by atoms with E-state index in [0.717, 1.165) is 30.0 Å². The summed E-state index contributed by atoms with van der Waals surface area (Å²) in [6, 6.07) is 3.68. The van der Waals surface area contributed by atoms with Crippen LogP contribution in [-0.4, -0.2) is 40.4 Å². The Bertz CT molecular complexity index is 450. The van der Waals surface area contributed by atoms with Crippen molar-refractivity contribution >= 4 is 5.96 Å². The molecule has 0 saturated heterocycles. The van der Waals surface area contributed by atoms with Crippen LogP contribution in [-0.2, 0) is 6.42 Å². The highest BCUT2D eigenvalue weighted by Gasteiger charge is 2.12. The number of aliphatic imine (C=N–C) groups is 1. The molecule has 6 heteroatoms. The van der Waals surface area contributed by atoms with Crippen LogP contribution in [0, 0.1) is 0 Å². The third-order valence-electron chi connectivity index (χ3n) is 3.00. The number of hydrogen-bond donors (Lipinski definition) is 2. The first-order valence-corrected chi connectivity index (χ1v) is 6.98. The second kappa shape index (κ2) is 8.94. The fourth-order valence-electron chi connectivity index (χ4n) is 1.93. The minimum absolute atomic E-state index is 0.461. The summed E-state index contributed by atoms with van der Waals surface area (Å²) in [6.45, 7) is 3.44. The maximum atomic E-state index is 5.77. The fourth-order valence-corrected chi connectivity index (χ4v) is 1.93. The molecule has 0 saturated carbocycles. The van der Waals surface area contributed by atoms with Crippen molar-refractivity contribution in [3.05, 3.63) is 17.7 Å². The first-order valence-electron chi connectivity index (χ1n) is 6.98. The molecule has 1 rings (SSSR count). The van der Waals surface area contributed by atoms with Crippen LogP contribution < -0.4 is 25.3 Å². The van der Waals surface area contributed by atoms with Gasteiger partial charge in [0.25, 0.3) is 0 Å². The minimum Gasteiger partial charge on any atom is -0.496 e. The summed E-state index contributed by atoms with van der Waals surface area (Å²) in [7, 11) is 4.87. The van der Waals surface area contributed by atoms with Crippen LogP contribution in [0.2, 0.25) is 0 Å². The number of methoxy groups -OCH3 is 3. The van der Waals surface area contributed by atoms with Crippen LogP contribution in [0.15, 0.2) is 17.1 Å². The number of hydrogen-bond acceptors (Lipinski definition) is 4. The lowest BCUT2D eigenvalue weighted by Crippen LogP contribution is -2.33. The lowest BCUT2D eigenvalue weighted by Gasteiger charge is -2.15. The number of guanidine groups is 1. The van der Waals surface area contributed by atoms with Gasteiger partial charge in [-0.25, -0.2) is 0 Å². The van der Waals surface area contributed by atoms with Gasteiger partial charge in [0.15, 0.2) is 5.96 Å². The first kappa shape index (κ1) is 16.9. The molecule has 0 spiro atoms. The van der Waals surface area contributed by atoms with E-state index < -0.39 is 0 Å². The van der Waals surface area contributed by atoms with E-state index in [-0.39, 0.29) is 0 Å². The van der Waals surface area contributed by atoms with Crippen molar-refractivity contribution in [1.29, 1.82) is 0 Å². The summed E-state index contributed by atoms with van der Waals surface area (Å²) < 4.78 is 16.0. The average Bonchev–Trinajstić information content (AvgIpc) is 2.52. The highest BCUT2D eigenvalue weighted by Crippen LogP contribution is 2.34. The lowest BCUT2D eigenvalue weighted by molar-refractivity contribution is 0.368. The Hall–Kier alpha value is -2.11. The van der Waals surface area contributed by atoms with E-state index in [4.69, 9.17) is 19.9 Å². The van der Waals surface area contributed by atoms with Crippen molar-refractivity contribution in [2.75, 3.05) is 34.4 Å². The molecular weight excluding hydrogens is 270 g/mol. The van der Waals surface area contributed by atoms with Crippen LogP contribution in [0.5, 0.6) is 17.2 Å². The lowest BCUT2D eigenvalue weighted by atomic mass is 10.1. The number of rotatable bonds is 8. The summed E-state index contributed by atoms with van der Waals surface area (Å²) in [4.78, 5) is 4.19. The number of nitrogens with one attached hydrogen (secondary N) is 1. The van der Waals surface area contributed by atoms with E-state index in [1.54, 1.807) is 21.3 Å². The van der Waals surface area contributed by atoms with E-state index >= 15 is 0 Å². The summed E-state index contributed by atoms with van der Waals surface area (Å²) >= 11 is 0. The van der Waals surface area contributed by atoms with Gasteiger partial charge in [0.2, 0.25) is 0 Å². The molecule has 0 aromatic heterocycles. The number of nitrogens with two attached hydrogens (primary N) is 1. The maximum Gasteiger partial charge on any atom is 0.188 e. The topological polar surface area (TPSA) is 78.1 Å². The van der Waals surface area contributed by atoms with E-state index in [2.05, 4.69) is 17.2 Å². The van der Waals surface area contributed by atoms with Crippen molar-refractivity contribution in [3.8, 4) is 17.2 Å². The Labute approximate surface area is 126 Å². The van der Waals surface area contributed by atoms with Crippen LogP contribution in [0.25, 0.3) is 0 Å². The third kappa shape index (κ3) is 5.06. The largest absolute Gasteiger partial charge is 0.496 e. The Balaban J connectivity index is 2.77. The predicted octanol–water partition coefficient (Wildman–Crippen LogP) is 1.57. The Morgan fingerprint density at radius 3 is 2.24 bits per heavy atom. The molecule has 6 nitrogen and oxygen atoms in total. The van der Waals surface area contributed by atoms with Gasteiger partial charge in [-0.05, 0) is 12.8 Å². The van der Waals surface area contributed by atoms with Crippen LogP contribution in [0.1, 0.15) is 18.9 Å². The Morgan fingerprint density at radius 1 is 1.14 bits per heavy atom. The number of ether oxygens (including phenoxy) is 3. The van der Waals surface area contributed by atoms with Gasteiger partial charge >= 0.3 is 0 Å². The zero-order valence-corrected chi connectivity index (χ0v) is 13.2. The molecule has 118 valence electrons. The van der Waals surface area contributed by atoms with E-state index in [1.165, 1.54) is 0 Å². The molecule has 0 heterocycles. The summed E-state index contributed by atoms with van der Waals surface area (Å²) in [5.41, 5.74) is 6.74. The van der Waals surface area contributed by atoms with Gasteiger partial charge in [-0.1, -0.05) is 6.92 Å². The summed E-state index contributed by atoms with van der Waals surface area (Å²) in [6.07, 6.45) is 1.68. The van der Waals surface area contributed by atoms with Gasteiger partial charge in [0.05, 0.1) is 21.3 Å². The van der Waals surface area contributed by atoms with Gasteiger partial charge in [-0.3, -0.25) is 4.99 Å². The molecule has 0 aliphatic rings. The quantitative estimate of drug-likeness (QED) is 0.562. The van der Waals surface area contributed by atoms with Crippen molar-refractivity contribution in [1.82, 2.24) is 5.32 Å². The van der Waals surface area contributed by atoms with Crippen molar-refractivity contribution in [2.45, 2.75) is 19.8 Å². The molecule has 1 aromatic carbocycles. The second-order valence-corrected chi connectivity index (χ2v) is 4.45. The molecule has 0 aliphatic carbocycles. The highest BCUT2D eigenvalue weighted by molar-refractivity contribution is 5.77. The zero-order valence-electron chi connectivity index (χ0n) is 13.2. The van der Waals surface area contributed by atoms with Crippen LogP contribution in [0.3, 0.4) is 0 Å². The molecule has 0 aliphatic heterocycles. The van der Waals surface area contributed by atoms with E-state index in [9.17, 15) is 0 Å². The average molecular weight is 295 g/mol. The Kier molecular flexibility index (Phi) is 7.21. The molecule has 0 atom stereocenters. The van der Waals surface area contributed by atoms with Crippen molar-refractivity contribution in [3.63, 3.8) is 0 Å². The molecule has 0 bridgehead atoms. The fraction of sp³-hybridized carbons (Fsp3) is 0.533. The highest BCUT2D eigenvalue weighted by atomic mass is 16.5. The number of nitrogens with zero attached hydrogens (tertiary/aromatic N) is 1. The summed E-state index contributed by atoms with van der Waals surface area (Å²) in [5, 5.41) is 3.08. The second-order valence-electron chi connectivity index (χ2n) is 4.45. The molecule has 0 unspecified atom stereocenters. The van der Waals surface area contributed by atoms with Gasteiger partial charge in [-0.15, -0.1) is 0 Å². The SMILES string of the molecule is CCCN=C(N)NCCc1c(OC)cc(OC)cc1OC. The molecule has 3 N–H and O–H groups in total. The first-order chi connectivity index (χ1) is 10.2. The predicted molar refractivity (Wildman–Crippen MR) is 84.6 cm³/mol. The maximum absolute atomic E-state index is 5.77. The standard InChI is InChI=1S/C15H25N3O3/c1-5-7-17-15(16)18-8-6-12-13(20-3)9-11(19-2)10-14(12)21-4/h9-10H,5-8H2,1-4H3,(H3,16,17,18). The van der Waals surface area contributed by atoms with Crippen molar-refractivity contribution in [2.24, 2.45) is 10.7 Å². The van der Waals surface area contributed by atoms with Crippen molar-refractivity contribution < 1.29 is 14.2 Å². The van der Waals surface area contributed by atoms with E-state index in [0.29, 0.717) is 24.7 Å². The monoisotopic (exact) mass is 295 g/mol. The van der Waals surface area contributed by atoms with Crippen LogP contribution >= 0.6 is 0 Å². The Morgan fingerprint density at radius 2 is 1.76 bits per heavy atom. The normalized spacial score (nSPS) is 11.1. The molecular formula is C15H25N3O3. The molecule has 21 heavy (non-hydrogen) atoms. The van der Waals surface area contributed by atoms with Gasteiger partial charge in [-0.2, -0.15) is 0 Å². The molecule has 0 fully saturated rings. The third-order valence-corrected chi connectivity index (χ3v) is 3.00. The molecule has 0 radical (unpaired) electrons. The minimum atomic E-state index is 0.461. The zero-order chi connectivity index (χ0) is 15.7. The smallest absolute Gasteiger partial charge is 0.188 e. The number of benzene rings is 1. The summed E-state index contributed by atoms with van der Waals surface area (Å²) in [5.74, 6) is 2.63. The van der Waals surface area contributed by atoms with E-state index in [1.807, 2.05) is 12.1 Å². The van der Waals surface area contributed by atoms with Gasteiger partial charge < -0.3 is 25.3 Å². The molecule has 0 amide bonds.